The van der Waals surface area contributed by atoms with Crippen molar-refractivity contribution in [3.05, 3.63) is 47.5 Å². The minimum Gasteiger partial charge on any atom is -0.497 e. The zero-order chi connectivity index (χ0) is 16.1. The van der Waals surface area contributed by atoms with Crippen molar-refractivity contribution >= 4 is 23.1 Å². The first-order chi connectivity index (χ1) is 10.7. The van der Waals surface area contributed by atoms with E-state index in [4.69, 9.17) is 4.74 Å². The highest BCUT2D eigenvalue weighted by Gasteiger charge is 2.23. The van der Waals surface area contributed by atoms with E-state index >= 15 is 0 Å². The predicted molar refractivity (Wildman–Crippen MR) is 97.3 cm³/mol. The second-order valence-electron chi connectivity index (χ2n) is 4.83. The maximum Gasteiger partial charge on any atom is 0.120 e. The fourth-order valence-corrected chi connectivity index (χ4v) is 3.59. The molecule has 2 aromatic rings. The Hall–Kier alpha value is -1.81. The maximum absolute atomic E-state index is 5.28. The molecule has 0 bridgehead atoms. The number of ether oxygens (including phenoxy) is 1. The van der Waals surface area contributed by atoms with Gasteiger partial charge < -0.3 is 15.4 Å². The Morgan fingerprint density at radius 3 is 2.55 bits per heavy atom. The van der Waals surface area contributed by atoms with Crippen LogP contribution in [0.5, 0.6) is 5.75 Å². The molecule has 0 amide bonds. The first kappa shape index (κ1) is 16.6. The lowest BCUT2D eigenvalue weighted by atomic mass is 10.1. The van der Waals surface area contributed by atoms with Crippen molar-refractivity contribution in [2.75, 3.05) is 24.8 Å². The lowest BCUT2D eigenvalue weighted by Crippen LogP contribution is -2.02. The van der Waals surface area contributed by atoms with Crippen LogP contribution in [0.2, 0.25) is 0 Å². The lowest BCUT2D eigenvalue weighted by molar-refractivity contribution is 0.414. The monoisotopic (exact) mass is 316 g/mol. The molecule has 2 aromatic carbocycles. The summed E-state index contributed by atoms with van der Waals surface area (Å²) in [4.78, 5) is 1.24. The molecule has 3 nitrogen and oxygen atoms in total. The Labute approximate surface area is 137 Å². The van der Waals surface area contributed by atoms with Crippen LogP contribution in [0.25, 0.3) is 0 Å². The molecule has 1 atom stereocenters. The highest BCUT2D eigenvalue weighted by molar-refractivity contribution is 8.00. The molecule has 2 N–H and O–H groups in total. The second kappa shape index (κ2) is 7.45. The lowest BCUT2D eigenvalue weighted by Gasteiger charge is -2.13. The van der Waals surface area contributed by atoms with Gasteiger partial charge >= 0.3 is 0 Å². The highest BCUT2D eigenvalue weighted by atomic mass is 32.2. The molecular weight excluding hydrogens is 292 g/mol. The molecule has 0 fully saturated rings. The summed E-state index contributed by atoms with van der Waals surface area (Å²) in [6.07, 6.45) is 0. The van der Waals surface area contributed by atoms with Gasteiger partial charge in [-0.15, -0.1) is 0 Å². The predicted octanol–water partition coefficient (Wildman–Crippen LogP) is 5.29. The molecule has 1 aliphatic heterocycles. The number of methoxy groups -OCH3 is 1. The quantitative estimate of drug-likeness (QED) is 0.806. The summed E-state index contributed by atoms with van der Waals surface area (Å²) in [5.41, 5.74) is 4.91. The molecule has 0 spiro atoms. The van der Waals surface area contributed by atoms with E-state index in [1.165, 1.54) is 27.4 Å². The van der Waals surface area contributed by atoms with Gasteiger partial charge in [0.05, 0.1) is 7.11 Å². The summed E-state index contributed by atoms with van der Waals surface area (Å²) < 4.78 is 5.28. The summed E-state index contributed by atoms with van der Waals surface area (Å²) in [6, 6.07) is 12.7. The zero-order valence-electron chi connectivity index (χ0n) is 13.9. The number of nitrogens with one attached hydrogen (secondary N) is 2. The molecule has 1 heterocycles. The van der Waals surface area contributed by atoms with Gasteiger partial charge in [-0.25, -0.2) is 0 Å². The van der Waals surface area contributed by atoms with E-state index in [1.54, 1.807) is 7.11 Å². The Morgan fingerprint density at radius 2 is 1.91 bits per heavy atom. The maximum atomic E-state index is 5.28. The summed E-state index contributed by atoms with van der Waals surface area (Å²) in [5.74, 6) is 0.903. The number of benzene rings is 2. The van der Waals surface area contributed by atoms with Gasteiger partial charge in [0.2, 0.25) is 0 Å². The summed E-state index contributed by atoms with van der Waals surface area (Å²) in [7, 11) is 3.65. The van der Waals surface area contributed by atoms with E-state index in [1.807, 2.05) is 38.7 Å². The number of hydrogen-bond donors (Lipinski definition) is 2. The van der Waals surface area contributed by atoms with Gasteiger partial charge in [-0.1, -0.05) is 37.7 Å². The minimum absolute atomic E-state index is 0.265. The first-order valence-corrected chi connectivity index (χ1v) is 8.49. The fraction of sp³-hybridized carbons (Fsp3) is 0.333. The van der Waals surface area contributed by atoms with Crippen LogP contribution in [0.3, 0.4) is 0 Å². The van der Waals surface area contributed by atoms with Crippen LogP contribution in [0, 0.1) is 6.92 Å². The number of rotatable bonds is 3. The molecule has 1 unspecified atom stereocenters. The SMILES string of the molecule is CC.CNc1ccc(C2Nc3ccc(OC)cc3S2)cc1C. The van der Waals surface area contributed by atoms with E-state index in [2.05, 4.69) is 47.9 Å². The van der Waals surface area contributed by atoms with E-state index in [0.717, 1.165) is 5.75 Å². The Balaban J connectivity index is 0.000000847. The molecule has 22 heavy (non-hydrogen) atoms. The Bertz CT molecular complexity index is 643. The van der Waals surface area contributed by atoms with Crippen LogP contribution < -0.4 is 15.4 Å². The topological polar surface area (TPSA) is 33.3 Å². The number of hydrogen-bond acceptors (Lipinski definition) is 4. The number of fused-ring (bicyclic) bond motifs is 1. The molecule has 1 aliphatic rings. The average molecular weight is 316 g/mol. The average Bonchev–Trinajstić information content (AvgIpc) is 2.99. The highest BCUT2D eigenvalue weighted by Crippen LogP contribution is 2.47. The molecule has 4 heteroatoms. The van der Waals surface area contributed by atoms with Gasteiger partial charge in [-0.2, -0.15) is 0 Å². The standard InChI is InChI=1S/C16H18N2OS.C2H6/c1-10-8-11(4-6-13(10)17-2)16-18-14-7-5-12(19-3)9-15(14)20-16;1-2/h4-9,16-18H,1-3H3;1-2H3. The van der Waals surface area contributed by atoms with Crippen molar-refractivity contribution in [2.45, 2.75) is 31.0 Å². The molecule has 118 valence electrons. The van der Waals surface area contributed by atoms with Gasteiger partial charge in [0.15, 0.2) is 0 Å². The summed E-state index contributed by atoms with van der Waals surface area (Å²) in [5, 5.41) is 7.02. The number of thioether (sulfide) groups is 1. The summed E-state index contributed by atoms with van der Waals surface area (Å²) >= 11 is 1.83. The van der Waals surface area contributed by atoms with Crippen molar-refractivity contribution in [3.8, 4) is 5.75 Å². The van der Waals surface area contributed by atoms with Crippen molar-refractivity contribution in [2.24, 2.45) is 0 Å². The van der Waals surface area contributed by atoms with Crippen LogP contribution in [-0.4, -0.2) is 14.2 Å². The molecule has 0 aromatic heterocycles. The van der Waals surface area contributed by atoms with Gasteiger partial charge in [0.1, 0.15) is 11.1 Å². The van der Waals surface area contributed by atoms with Gasteiger partial charge in [0.25, 0.3) is 0 Å². The normalized spacial score (nSPS) is 15.2. The van der Waals surface area contributed by atoms with Crippen LogP contribution in [-0.2, 0) is 0 Å². The first-order valence-electron chi connectivity index (χ1n) is 7.61. The second-order valence-corrected chi connectivity index (χ2v) is 5.98. The molecular formula is C18H24N2OS. The molecule has 0 radical (unpaired) electrons. The van der Waals surface area contributed by atoms with Crippen molar-refractivity contribution in [1.82, 2.24) is 0 Å². The third-order valence-electron chi connectivity index (χ3n) is 3.54. The van der Waals surface area contributed by atoms with E-state index in [9.17, 15) is 0 Å². The van der Waals surface area contributed by atoms with Crippen molar-refractivity contribution in [1.29, 1.82) is 0 Å². The molecule has 0 saturated carbocycles. The Kier molecular flexibility index (Phi) is 5.61. The van der Waals surface area contributed by atoms with Crippen LogP contribution in [0.4, 0.5) is 11.4 Å². The molecule has 3 rings (SSSR count). The van der Waals surface area contributed by atoms with Crippen LogP contribution in [0.15, 0.2) is 41.3 Å². The number of anilines is 2. The summed E-state index contributed by atoms with van der Waals surface area (Å²) in [6.45, 7) is 6.13. The van der Waals surface area contributed by atoms with Crippen LogP contribution in [0.1, 0.15) is 30.3 Å². The minimum atomic E-state index is 0.265. The Morgan fingerprint density at radius 1 is 1.14 bits per heavy atom. The van der Waals surface area contributed by atoms with Crippen LogP contribution >= 0.6 is 11.8 Å². The smallest absolute Gasteiger partial charge is 0.120 e. The van der Waals surface area contributed by atoms with Crippen molar-refractivity contribution < 1.29 is 4.74 Å². The third kappa shape index (κ3) is 3.33. The van der Waals surface area contributed by atoms with Gasteiger partial charge in [0, 0.05) is 23.3 Å². The molecule has 0 aliphatic carbocycles. The van der Waals surface area contributed by atoms with E-state index in [0.29, 0.717) is 0 Å². The fourth-order valence-electron chi connectivity index (χ4n) is 2.43. The zero-order valence-corrected chi connectivity index (χ0v) is 14.7. The van der Waals surface area contributed by atoms with E-state index in [-0.39, 0.29) is 5.37 Å². The number of aryl methyl sites for hydroxylation is 1. The molecule has 0 saturated heterocycles. The van der Waals surface area contributed by atoms with Gasteiger partial charge in [-0.05, 0) is 42.3 Å². The largest absolute Gasteiger partial charge is 0.497 e. The van der Waals surface area contributed by atoms with Crippen molar-refractivity contribution in [3.63, 3.8) is 0 Å². The van der Waals surface area contributed by atoms with E-state index < -0.39 is 0 Å². The van der Waals surface area contributed by atoms with Gasteiger partial charge in [-0.3, -0.25) is 0 Å². The third-order valence-corrected chi connectivity index (χ3v) is 4.76.